The van der Waals surface area contributed by atoms with Gasteiger partial charge in [0.15, 0.2) is 0 Å². The Hall–Kier alpha value is -1.31. The molecule has 3 N–H and O–H groups in total. The highest BCUT2D eigenvalue weighted by Gasteiger charge is 2.71. The lowest BCUT2D eigenvalue weighted by atomic mass is 9.88. The average Bonchev–Trinajstić information content (AvgIpc) is 3.14. The maximum Gasteiger partial charge on any atom is 0.307 e. The van der Waals surface area contributed by atoms with Crippen molar-refractivity contribution >= 4 is 35.3 Å². The fourth-order valence-electron chi connectivity index (χ4n) is 3.68. The molecule has 2 saturated carbocycles. The molecule has 6 atom stereocenters. The van der Waals surface area contributed by atoms with E-state index in [-0.39, 0.29) is 5.02 Å². The molecular weight excluding hydrogens is 347 g/mol. The average molecular weight is 361 g/mol. The third-order valence-electron chi connectivity index (χ3n) is 4.75. The van der Waals surface area contributed by atoms with E-state index < -0.39 is 53.4 Å². The number of halogens is 2. The minimum absolute atomic E-state index is 0.0226. The predicted octanol–water partition coefficient (Wildman–Crippen LogP) is 2.21. The van der Waals surface area contributed by atoms with Crippen molar-refractivity contribution in [2.75, 3.05) is 5.75 Å². The topological polar surface area (TPSA) is 94.8 Å². The second-order valence-electron chi connectivity index (χ2n) is 5.92. The lowest BCUT2D eigenvalue weighted by Gasteiger charge is -2.23. The quantitative estimate of drug-likeness (QED) is 0.697. The van der Waals surface area contributed by atoms with Gasteiger partial charge in [-0.3, -0.25) is 9.59 Å². The standard InChI is InChI=1S/C15H14ClFO5S/c16-7-3-5(1-2-8(7)17)23-4-6-9(14(19)20)10-11(13(6)18)12(10)15(21)22/h1-3,6,9-13,18H,4H2,(H,19,20)(H,21,22). The summed E-state index contributed by atoms with van der Waals surface area (Å²) in [6, 6.07) is 4.20. The summed E-state index contributed by atoms with van der Waals surface area (Å²) in [7, 11) is 0. The summed E-state index contributed by atoms with van der Waals surface area (Å²) in [5, 5.41) is 28.7. The van der Waals surface area contributed by atoms with Crippen LogP contribution in [0.5, 0.6) is 0 Å². The Morgan fingerprint density at radius 1 is 1.17 bits per heavy atom. The molecule has 0 aliphatic heterocycles. The number of aliphatic carboxylic acids is 2. The lowest BCUT2D eigenvalue weighted by molar-refractivity contribution is -0.146. The molecule has 5 nitrogen and oxygen atoms in total. The van der Waals surface area contributed by atoms with Crippen molar-refractivity contribution in [3.05, 3.63) is 29.0 Å². The zero-order valence-corrected chi connectivity index (χ0v) is 13.3. The number of fused-ring (bicyclic) bond motifs is 1. The molecule has 0 bridgehead atoms. The first-order valence-corrected chi connectivity index (χ1v) is 8.40. The minimum atomic E-state index is -1.08. The van der Waals surface area contributed by atoms with Gasteiger partial charge in [-0.15, -0.1) is 11.8 Å². The molecule has 2 fully saturated rings. The molecular formula is C15H14ClFO5S. The van der Waals surface area contributed by atoms with E-state index in [0.29, 0.717) is 10.6 Å². The number of aliphatic hydroxyl groups is 1. The molecule has 124 valence electrons. The fraction of sp³-hybridized carbons (Fsp3) is 0.467. The monoisotopic (exact) mass is 360 g/mol. The highest BCUT2D eigenvalue weighted by molar-refractivity contribution is 7.99. The van der Waals surface area contributed by atoms with Crippen molar-refractivity contribution in [3.63, 3.8) is 0 Å². The summed E-state index contributed by atoms with van der Waals surface area (Å²) < 4.78 is 13.1. The van der Waals surface area contributed by atoms with Gasteiger partial charge in [0, 0.05) is 22.5 Å². The largest absolute Gasteiger partial charge is 0.481 e. The van der Waals surface area contributed by atoms with Gasteiger partial charge in [0.1, 0.15) is 5.82 Å². The van der Waals surface area contributed by atoms with Gasteiger partial charge in [-0.25, -0.2) is 4.39 Å². The number of hydrogen-bond acceptors (Lipinski definition) is 4. The fourth-order valence-corrected chi connectivity index (χ4v) is 5.08. The Morgan fingerprint density at radius 2 is 1.83 bits per heavy atom. The van der Waals surface area contributed by atoms with Gasteiger partial charge < -0.3 is 15.3 Å². The molecule has 3 rings (SSSR count). The molecule has 0 radical (unpaired) electrons. The second kappa shape index (κ2) is 5.96. The van der Waals surface area contributed by atoms with Crippen LogP contribution < -0.4 is 0 Å². The number of carboxylic acid groups (broad SMARTS) is 2. The van der Waals surface area contributed by atoms with Crippen LogP contribution in [0.1, 0.15) is 0 Å². The Bertz CT molecular complexity index is 669. The summed E-state index contributed by atoms with van der Waals surface area (Å²) in [5.41, 5.74) is 0. The molecule has 0 saturated heterocycles. The SMILES string of the molecule is O=C(O)C1C(CSc2ccc(F)c(Cl)c2)C(O)C2C(C(=O)O)C12. The summed E-state index contributed by atoms with van der Waals surface area (Å²) in [6.45, 7) is 0. The Balaban J connectivity index is 1.71. The van der Waals surface area contributed by atoms with Gasteiger partial charge in [-0.2, -0.15) is 0 Å². The van der Waals surface area contributed by atoms with Crippen molar-refractivity contribution in [2.24, 2.45) is 29.6 Å². The van der Waals surface area contributed by atoms with E-state index in [1.54, 1.807) is 0 Å². The predicted molar refractivity (Wildman–Crippen MR) is 80.9 cm³/mol. The van der Waals surface area contributed by atoms with Crippen LogP contribution in [-0.4, -0.2) is 39.1 Å². The van der Waals surface area contributed by atoms with Gasteiger partial charge in [0.05, 0.1) is 23.0 Å². The number of benzene rings is 1. The molecule has 0 heterocycles. The smallest absolute Gasteiger partial charge is 0.307 e. The van der Waals surface area contributed by atoms with E-state index in [1.807, 2.05) is 0 Å². The molecule has 0 amide bonds. The van der Waals surface area contributed by atoms with Crippen molar-refractivity contribution in [3.8, 4) is 0 Å². The number of thioether (sulfide) groups is 1. The Morgan fingerprint density at radius 3 is 2.39 bits per heavy atom. The number of carboxylic acids is 2. The van der Waals surface area contributed by atoms with Crippen molar-refractivity contribution in [1.29, 1.82) is 0 Å². The third-order valence-corrected chi connectivity index (χ3v) is 6.17. The van der Waals surface area contributed by atoms with Crippen LogP contribution in [0.25, 0.3) is 0 Å². The molecule has 2 aliphatic carbocycles. The number of rotatable bonds is 5. The van der Waals surface area contributed by atoms with Crippen molar-refractivity contribution in [1.82, 2.24) is 0 Å². The zero-order chi connectivity index (χ0) is 16.9. The molecule has 1 aromatic rings. The highest BCUT2D eigenvalue weighted by Crippen LogP contribution is 2.63. The summed E-state index contributed by atoms with van der Waals surface area (Å²) in [5.74, 6) is -5.55. The van der Waals surface area contributed by atoms with Gasteiger partial charge in [-0.05, 0) is 24.1 Å². The van der Waals surface area contributed by atoms with E-state index >= 15 is 0 Å². The third kappa shape index (κ3) is 2.81. The maximum absolute atomic E-state index is 13.1. The van der Waals surface area contributed by atoms with Crippen LogP contribution in [0.15, 0.2) is 23.1 Å². The molecule has 2 aliphatic rings. The minimum Gasteiger partial charge on any atom is -0.481 e. The van der Waals surface area contributed by atoms with Crippen LogP contribution in [0.2, 0.25) is 5.02 Å². The normalized spacial score (nSPS) is 34.9. The van der Waals surface area contributed by atoms with Gasteiger partial charge >= 0.3 is 11.9 Å². The van der Waals surface area contributed by atoms with Crippen molar-refractivity contribution in [2.45, 2.75) is 11.0 Å². The molecule has 1 aromatic carbocycles. The maximum atomic E-state index is 13.1. The van der Waals surface area contributed by atoms with E-state index in [9.17, 15) is 24.2 Å². The second-order valence-corrected chi connectivity index (χ2v) is 7.42. The van der Waals surface area contributed by atoms with E-state index in [2.05, 4.69) is 0 Å². The first-order valence-electron chi connectivity index (χ1n) is 7.04. The number of carbonyl (C=O) groups is 2. The van der Waals surface area contributed by atoms with Crippen LogP contribution in [0, 0.1) is 35.4 Å². The molecule has 23 heavy (non-hydrogen) atoms. The summed E-state index contributed by atoms with van der Waals surface area (Å²) >= 11 is 6.98. The number of hydrogen-bond donors (Lipinski definition) is 3. The van der Waals surface area contributed by atoms with Crippen LogP contribution >= 0.6 is 23.4 Å². The first kappa shape index (κ1) is 16.5. The lowest BCUT2D eigenvalue weighted by Crippen LogP contribution is -2.34. The Kier molecular flexibility index (Phi) is 4.29. The molecule has 6 unspecified atom stereocenters. The molecule has 8 heteroatoms. The zero-order valence-electron chi connectivity index (χ0n) is 11.7. The van der Waals surface area contributed by atoms with Gasteiger partial charge in [0.25, 0.3) is 0 Å². The van der Waals surface area contributed by atoms with Crippen LogP contribution in [0.4, 0.5) is 4.39 Å². The molecule has 0 aromatic heterocycles. The summed E-state index contributed by atoms with van der Waals surface area (Å²) in [6.07, 6.45) is -0.953. The van der Waals surface area contributed by atoms with Gasteiger partial charge in [0.2, 0.25) is 0 Å². The van der Waals surface area contributed by atoms with E-state index in [4.69, 9.17) is 16.7 Å². The highest BCUT2D eigenvalue weighted by atomic mass is 35.5. The van der Waals surface area contributed by atoms with E-state index in [1.165, 1.54) is 30.0 Å². The van der Waals surface area contributed by atoms with E-state index in [0.717, 1.165) is 0 Å². The first-order chi connectivity index (χ1) is 10.8. The van der Waals surface area contributed by atoms with Crippen molar-refractivity contribution < 1.29 is 29.3 Å². The van der Waals surface area contributed by atoms with Crippen LogP contribution in [0.3, 0.4) is 0 Å². The number of aliphatic hydroxyl groups excluding tert-OH is 1. The summed E-state index contributed by atoms with van der Waals surface area (Å²) in [4.78, 5) is 23.2. The molecule has 0 spiro atoms. The Labute approximate surface area is 140 Å². The van der Waals surface area contributed by atoms with Gasteiger partial charge in [-0.1, -0.05) is 11.6 Å². The van der Waals surface area contributed by atoms with Crippen LogP contribution in [-0.2, 0) is 9.59 Å².